The second-order valence-corrected chi connectivity index (χ2v) is 3.64. The van der Waals surface area contributed by atoms with Gasteiger partial charge in [-0.2, -0.15) is 0 Å². The molecule has 0 bridgehead atoms. The minimum atomic E-state index is -0.0665. The molecule has 0 fully saturated rings. The van der Waals surface area contributed by atoms with Crippen LogP contribution in [0.25, 0.3) is 6.08 Å². The van der Waals surface area contributed by atoms with Crippen molar-refractivity contribution in [2.75, 3.05) is 0 Å². The molecule has 0 amide bonds. The summed E-state index contributed by atoms with van der Waals surface area (Å²) < 4.78 is 0. The summed E-state index contributed by atoms with van der Waals surface area (Å²) in [6.07, 6.45) is 8.15. The zero-order chi connectivity index (χ0) is 12.1. The minimum absolute atomic E-state index is 0.0665. The number of ketones is 1. The predicted molar refractivity (Wildman–Crippen MR) is 66.6 cm³/mol. The van der Waals surface area contributed by atoms with Crippen molar-refractivity contribution in [1.82, 2.24) is 9.97 Å². The average molecular weight is 224 g/mol. The molecule has 0 spiro atoms. The molecule has 0 aliphatic rings. The van der Waals surface area contributed by atoms with E-state index in [1.165, 1.54) is 6.08 Å². The molecule has 0 unspecified atom stereocenters. The van der Waals surface area contributed by atoms with Gasteiger partial charge in [0.2, 0.25) is 0 Å². The molecule has 2 rings (SSSR count). The van der Waals surface area contributed by atoms with E-state index in [1.807, 2.05) is 19.1 Å². The summed E-state index contributed by atoms with van der Waals surface area (Å²) in [7, 11) is 0. The monoisotopic (exact) mass is 224 g/mol. The first kappa shape index (κ1) is 11.2. The zero-order valence-corrected chi connectivity index (χ0v) is 9.50. The second kappa shape index (κ2) is 5.16. The molecule has 3 heteroatoms. The molecule has 0 saturated carbocycles. The van der Waals surface area contributed by atoms with E-state index < -0.39 is 0 Å². The number of aryl methyl sites for hydroxylation is 1. The fourth-order valence-electron chi connectivity index (χ4n) is 1.43. The van der Waals surface area contributed by atoms with Gasteiger partial charge in [-0.15, -0.1) is 0 Å². The Morgan fingerprint density at radius 2 is 2.06 bits per heavy atom. The molecular formula is C14H12N2O. The van der Waals surface area contributed by atoms with Crippen molar-refractivity contribution in [2.45, 2.75) is 6.92 Å². The van der Waals surface area contributed by atoms with Crippen molar-refractivity contribution in [1.29, 1.82) is 0 Å². The Labute approximate surface area is 99.9 Å². The van der Waals surface area contributed by atoms with Crippen LogP contribution in [0.5, 0.6) is 0 Å². The highest BCUT2D eigenvalue weighted by Crippen LogP contribution is 2.06. The van der Waals surface area contributed by atoms with Crippen LogP contribution < -0.4 is 0 Å². The van der Waals surface area contributed by atoms with Crippen molar-refractivity contribution in [3.8, 4) is 0 Å². The van der Waals surface area contributed by atoms with E-state index in [0.29, 0.717) is 5.56 Å². The maximum Gasteiger partial charge on any atom is 0.187 e. The summed E-state index contributed by atoms with van der Waals surface area (Å²) >= 11 is 0. The van der Waals surface area contributed by atoms with Gasteiger partial charge in [-0.05, 0) is 42.8 Å². The fraction of sp³-hybridized carbons (Fsp3) is 0.0714. The number of carbonyl (C=O) groups excluding carboxylic acids is 1. The summed E-state index contributed by atoms with van der Waals surface area (Å²) in [5.41, 5.74) is 2.44. The SMILES string of the molecule is Cc1cccnc1C=CC(=O)c1cccnc1. The van der Waals surface area contributed by atoms with E-state index >= 15 is 0 Å². The predicted octanol–water partition coefficient (Wildman–Crippen LogP) is 2.68. The van der Waals surface area contributed by atoms with Gasteiger partial charge in [-0.25, -0.2) is 0 Å². The van der Waals surface area contributed by atoms with Gasteiger partial charge >= 0.3 is 0 Å². The van der Waals surface area contributed by atoms with Crippen molar-refractivity contribution in [2.24, 2.45) is 0 Å². The maximum absolute atomic E-state index is 11.8. The Kier molecular flexibility index (Phi) is 3.40. The molecule has 2 aromatic heterocycles. The number of carbonyl (C=O) groups is 1. The van der Waals surface area contributed by atoms with Crippen LogP contribution in [0.3, 0.4) is 0 Å². The molecule has 0 radical (unpaired) electrons. The number of hydrogen-bond acceptors (Lipinski definition) is 3. The molecule has 0 atom stereocenters. The van der Waals surface area contributed by atoms with Crippen LogP contribution in [0, 0.1) is 6.92 Å². The normalized spacial score (nSPS) is 10.6. The first-order chi connectivity index (χ1) is 8.27. The Balaban J connectivity index is 2.17. The first-order valence-corrected chi connectivity index (χ1v) is 5.31. The van der Waals surface area contributed by atoms with Gasteiger partial charge in [0.05, 0.1) is 5.69 Å². The number of pyridine rings is 2. The third-order valence-corrected chi connectivity index (χ3v) is 2.39. The van der Waals surface area contributed by atoms with Crippen LogP contribution >= 0.6 is 0 Å². The smallest absolute Gasteiger partial charge is 0.187 e. The third-order valence-electron chi connectivity index (χ3n) is 2.39. The molecule has 17 heavy (non-hydrogen) atoms. The number of nitrogens with zero attached hydrogens (tertiary/aromatic N) is 2. The third kappa shape index (κ3) is 2.84. The highest BCUT2D eigenvalue weighted by atomic mass is 16.1. The van der Waals surface area contributed by atoms with E-state index in [2.05, 4.69) is 9.97 Å². The van der Waals surface area contributed by atoms with Crippen LogP contribution in [0.15, 0.2) is 48.9 Å². The molecule has 3 nitrogen and oxygen atoms in total. The molecule has 2 heterocycles. The molecule has 0 N–H and O–H groups in total. The van der Waals surface area contributed by atoms with Gasteiger partial charge in [-0.1, -0.05) is 6.07 Å². The molecule has 2 aromatic rings. The van der Waals surface area contributed by atoms with Crippen molar-refractivity contribution < 1.29 is 4.79 Å². The molecule has 0 saturated heterocycles. The largest absolute Gasteiger partial charge is 0.289 e. The first-order valence-electron chi connectivity index (χ1n) is 5.31. The average Bonchev–Trinajstić information content (AvgIpc) is 2.38. The number of aromatic nitrogens is 2. The van der Waals surface area contributed by atoms with E-state index in [-0.39, 0.29) is 5.78 Å². The molecule has 0 aliphatic carbocycles. The second-order valence-electron chi connectivity index (χ2n) is 3.64. The molecular weight excluding hydrogens is 212 g/mol. The lowest BCUT2D eigenvalue weighted by molar-refractivity contribution is 0.104. The van der Waals surface area contributed by atoms with Gasteiger partial charge in [0, 0.05) is 24.2 Å². The maximum atomic E-state index is 11.8. The van der Waals surface area contributed by atoms with Crippen molar-refractivity contribution >= 4 is 11.9 Å². The quantitative estimate of drug-likeness (QED) is 0.594. The van der Waals surface area contributed by atoms with Crippen LogP contribution in [-0.2, 0) is 0 Å². The van der Waals surface area contributed by atoms with Gasteiger partial charge in [0.1, 0.15) is 0 Å². The standard InChI is InChI=1S/C14H12N2O/c1-11-4-2-9-16-13(11)6-7-14(17)12-5-3-8-15-10-12/h2-10H,1H3. The lowest BCUT2D eigenvalue weighted by atomic mass is 10.1. The Morgan fingerprint density at radius 3 is 2.76 bits per heavy atom. The van der Waals surface area contributed by atoms with E-state index in [4.69, 9.17) is 0 Å². The van der Waals surface area contributed by atoms with E-state index in [1.54, 1.807) is 36.8 Å². The van der Waals surface area contributed by atoms with Gasteiger partial charge in [0.25, 0.3) is 0 Å². The molecule has 84 valence electrons. The number of rotatable bonds is 3. The molecule has 0 aliphatic heterocycles. The Hall–Kier alpha value is -2.29. The number of allylic oxidation sites excluding steroid dienone is 1. The lowest BCUT2D eigenvalue weighted by Crippen LogP contribution is -1.94. The Bertz CT molecular complexity index is 547. The minimum Gasteiger partial charge on any atom is -0.289 e. The summed E-state index contributed by atoms with van der Waals surface area (Å²) in [6, 6.07) is 7.31. The van der Waals surface area contributed by atoms with Gasteiger partial charge < -0.3 is 0 Å². The fourth-order valence-corrected chi connectivity index (χ4v) is 1.43. The highest BCUT2D eigenvalue weighted by molar-refractivity contribution is 6.06. The summed E-state index contributed by atoms with van der Waals surface area (Å²) in [5, 5.41) is 0. The zero-order valence-electron chi connectivity index (χ0n) is 9.50. The van der Waals surface area contributed by atoms with Crippen LogP contribution in [0.4, 0.5) is 0 Å². The van der Waals surface area contributed by atoms with E-state index in [9.17, 15) is 4.79 Å². The van der Waals surface area contributed by atoms with E-state index in [0.717, 1.165) is 11.3 Å². The lowest BCUT2D eigenvalue weighted by Gasteiger charge is -1.97. The van der Waals surface area contributed by atoms with Crippen molar-refractivity contribution in [3.05, 3.63) is 65.8 Å². The number of hydrogen-bond donors (Lipinski definition) is 0. The van der Waals surface area contributed by atoms with Crippen molar-refractivity contribution in [3.63, 3.8) is 0 Å². The topological polar surface area (TPSA) is 42.9 Å². The summed E-state index contributed by atoms with van der Waals surface area (Å²) in [6.45, 7) is 1.96. The van der Waals surface area contributed by atoms with Crippen LogP contribution in [0.1, 0.15) is 21.6 Å². The van der Waals surface area contributed by atoms with Gasteiger partial charge in [-0.3, -0.25) is 14.8 Å². The van der Waals surface area contributed by atoms with Crippen LogP contribution in [0.2, 0.25) is 0 Å². The Morgan fingerprint density at radius 1 is 1.24 bits per heavy atom. The highest BCUT2D eigenvalue weighted by Gasteiger charge is 2.01. The summed E-state index contributed by atoms with van der Waals surface area (Å²) in [4.78, 5) is 19.9. The summed E-state index contributed by atoms with van der Waals surface area (Å²) in [5.74, 6) is -0.0665. The van der Waals surface area contributed by atoms with Gasteiger partial charge in [0.15, 0.2) is 5.78 Å². The van der Waals surface area contributed by atoms with Crippen LogP contribution in [-0.4, -0.2) is 15.8 Å². The molecule has 0 aromatic carbocycles.